The second-order valence-corrected chi connectivity index (χ2v) is 5.89. The van der Waals surface area contributed by atoms with E-state index in [0.29, 0.717) is 19.0 Å². The van der Waals surface area contributed by atoms with Gasteiger partial charge in [-0.05, 0) is 31.6 Å². The minimum Gasteiger partial charge on any atom is -0.481 e. The van der Waals surface area contributed by atoms with Gasteiger partial charge in [-0.25, -0.2) is 0 Å². The number of piperazine rings is 1. The zero-order valence-electron chi connectivity index (χ0n) is 11.9. The van der Waals surface area contributed by atoms with E-state index in [2.05, 4.69) is 15.5 Å². The van der Waals surface area contributed by atoms with Crippen LogP contribution in [0.2, 0.25) is 0 Å². The third-order valence-corrected chi connectivity index (χ3v) is 4.36. The number of hydrogen-bond donors (Lipinski definition) is 3. The lowest BCUT2D eigenvalue weighted by molar-refractivity contribution is -0.143. The van der Waals surface area contributed by atoms with Crippen molar-refractivity contribution in [2.45, 2.75) is 25.7 Å². The number of amides is 1. The van der Waals surface area contributed by atoms with Crippen LogP contribution < -0.4 is 10.6 Å². The predicted molar refractivity (Wildman–Crippen MR) is 75.4 cm³/mol. The van der Waals surface area contributed by atoms with Crippen LogP contribution in [0.4, 0.5) is 0 Å². The lowest BCUT2D eigenvalue weighted by atomic mass is 9.82. The molecule has 1 amide bonds. The van der Waals surface area contributed by atoms with Crippen LogP contribution >= 0.6 is 0 Å². The highest BCUT2D eigenvalue weighted by Gasteiger charge is 2.26. The number of carbonyl (C=O) groups is 2. The van der Waals surface area contributed by atoms with Gasteiger partial charge in [-0.2, -0.15) is 0 Å². The van der Waals surface area contributed by atoms with Gasteiger partial charge < -0.3 is 15.7 Å². The van der Waals surface area contributed by atoms with E-state index in [-0.39, 0.29) is 11.8 Å². The second kappa shape index (κ2) is 7.59. The maximum absolute atomic E-state index is 11.9. The summed E-state index contributed by atoms with van der Waals surface area (Å²) in [7, 11) is 0. The first-order valence-corrected chi connectivity index (χ1v) is 7.57. The summed E-state index contributed by atoms with van der Waals surface area (Å²) in [6, 6.07) is 0. The number of rotatable bonds is 5. The maximum atomic E-state index is 11.9. The molecule has 1 aliphatic heterocycles. The Kier molecular flexibility index (Phi) is 5.79. The van der Waals surface area contributed by atoms with Crippen molar-refractivity contribution in [1.29, 1.82) is 0 Å². The Morgan fingerprint density at radius 2 is 1.80 bits per heavy atom. The molecule has 20 heavy (non-hydrogen) atoms. The van der Waals surface area contributed by atoms with Crippen molar-refractivity contribution >= 4 is 11.9 Å². The molecule has 2 fully saturated rings. The molecule has 0 aromatic heterocycles. The number of aliphatic carboxylic acids is 1. The Bertz CT molecular complexity index is 335. The first-order valence-electron chi connectivity index (χ1n) is 7.57. The van der Waals surface area contributed by atoms with Gasteiger partial charge in [-0.3, -0.25) is 14.5 Å². The molecule has 1 heterocycles. The largest absolute Gasteiger partial charge is 0.481 e. The van der Waals surface area contributed by atoms with Crippen molar-refractivity contribution in [3.8, 4) is 0 Å². The van der Waals surface area contributed by atoms with E-state index in [4.69, 9.17) is 5.11 Å². The molecule has 0 bridgehead atoms. The Morgan fingerprint density at radius 3 is 2.40 bits per heavy atom. The molecule has 2 rings (SSSR count). The van der Waals surface area contributed by atoms with Crippen molar-refractivity contribution in [2.24, 2.45) is 11.8 Å². The van der Waals surface area contributed by atoms with Crippen LogP contribution in [0.1, 0.15) is 25.7 Å². The summed E-state index contributed by atoms with van der Waals surface area (Å²) in [4.78, 5) is 24.9. The van der Waals surface area contributed by atoms with Gasteiger partial charge >= 0.3 is 5.97 Å². The van der Waals surface area contributed by atoms with Crippen LogP contribution in [-0.2, 0) is 9.59 Å². The Labute approximate surface area is 119 Å². The first kappa shape index (κ1) is 15.3. The monoisotopic (exact) mass is 283 g/mol. The minimum atomic E-state index is -0.675. The average molecular weight is 283 g/mol. The second-order valence-electron chi connectivity index (χ2n) is 5.89. The molecule has 3 N–H and O–H groups in total. The SMILES string of the molecule is O=C(CN1CCNCC1)NCC1CCC(C(=O)O)CC1. The van der Waals surface area contributed by atoms with Crippen LogP contribution in [-0.4, -0.2) is 61.2 Å². The van der Waals surface area contributed by atoms with Crippen molar-refractivity contribution in [3.05, 3.63) is 0 Å². The van der Waals surface area contributed by atoms with E-state index in [0.717, 1.165) is 51.9 Å². The summed E-state index contributed by atoms with van der Waals surface area (Å²) in [5.74, 6) is -0.321. The molecule has 0 radical (unpaired) electrons. The zero-order valence-corrected chi connectivity index (χ0v) is 11.9. The molecule has 1 saturated heterocycles. The maximum Gasteiger partial charge on any atom is 0.306 e. The Balaban J connectivity index is 1.60. The normalized spacial score (nSPS) is 28.0. The minimum absolute atomic E-state index is 0.0901. The molecular formula is C14H25N3O3. The molecular weight excluding hydrogens is 258 g/mol. The average Bonchev–Trinajstić information content (AvgIpc) is 2.46. The Hall–Kier alpha value is -1.14. The summed E-state index contributed by atoms with van der Waals surface area (Å²) in [6.07, 6.45) is 3.30. The van der Waals surface area contributed by atoms with E-state index in [9.17, 15) is 9.59 Å². The van der Waals surface area contributed by atoms with Gasteiger partial charge in [-0.15, -0.1) is 0 Å². The molecule has 0 spiro atoms. The van der Waals surface area contributed by atoms with Crippen molar-refractivity contribution in [1.82, 2.24) is 15.5 Å². The lowest BCUT2D eigenvalue weighted by Gasteiger charge is -2.28. The number of hydrogen-bond acceptors (Lipinski definition) is 4. The van der Waals surface area contributed by atoms with Gasteiger partial charge in [0.2, 0.25) is 5.91 Å². The van der Waals surface area contributed by atoms with E-state index >= 15 is 0 Å². The van der Waals surface area contributed by atoms with E-state index in [1.807, 2.05) is 0 Å². The lowest BCUT2D eigenvalue weighted by Crippen LogP contribution is -2.48. The van der Waals surface area contributed by atoms with Crippen LogP contribution in [0.25, 0.3) is 0 Å². The third-order valence-electron chi connectivity index (χ3n) is 4.36. The highest BCUT2D eigenvalue weighted by molar-refractivity contribution is 5.78. The quantitative estimate of drug-likeness (QED) is 0.656. The third kappa shape index (κ3) is 4.76. The van der Waals surface area contributed by atoms with E-state index in [1.165, 1.54) is 0 Å². The van der Waals surface area contributed by atoms with Crippen molar-refractivity contribution in [2.75, 3.05) is 39.3 Å². The van der Waals surface area contributed by atoms with Gasteiger partial charge in [0.25, 0.3) is 0 Å². The molecule has 0 unspecified atom stereocenters. The fraction of sp³-hybridized carbons (Fsp3) is 0.857. The number of nitrogens with zero attached hydrogens (tertiary/aromatic N) is 1. The van der Waals surface area contributed by atoms with Gasteiger partial charge in [0.05, 0.1) is 12.5 Å². The number of carboxylic acids is 1. The highest BCUT2D eigenvalue weighted by Crippen LogP contribution is 2.28. The molecule has 1 saturated carbocycles. The predicted octanol–water partition coefficient (Wildman–Crippen LogP) is -0.101. The molecule has 1 aliphatic carbocycles. The standard InChI is InChI=1S/C14H25N3O3/c18-13(10-17-7-5-15-6-8-17)16-9-11-1-3-12(4-2-11)14(19)20/h11-12,15H,1-10H2,(H,16,18)(H,19,20). The summed E-state index contributed by atoms with van der Waals surface area (Å²) in [5.41, 5.74) is 0. The van der Waals surface area contributed by atoms with E-state index < -0.39 is 5.97 Å². The molecule has 0 atom stereocenters. The van der Waals surface area contributed by atoms with E-state index in [1.54, 1.807) is 0 Å². The highest BCUT2D eigenvalue weighted by atomic mass is 16.4. The Morgan fingerprint density at radius 1 is 1.15 bits per heavy atom. The van der Waals surface area contributed by atoms with Crippen molar-refractivity contribution in [3.63, 3.8) is 0 Å². The van der Waals surface area contributed by atoms with Gasteiger partial charge in [0, 0.05) is 32.7 Å². The summed E-state index contributed by atoms with van der Waals surface area (Å²) < 4.78 is 0. The summed E-state index contributed by atoms with van der Waals surface area (Å²) in [6.45, 7) is 4.93. The number of carbonyl (C=O) groups excluding carboxylic acids is 1. The molecule has 0 aromatic rings. The molecule has 6 heteroatoms. The molecule has 0 aromatic carbocycles. The smallest absolute Gasteiger partial charge is 0.306 e. The van der Waals surface area contributed by atoms with Crippen LogP contribution in [0.15, 0.2) is 0 Å². The fourth-order valence-corrected chi connectivity index (χ4v) is 3.00. The zero-order chi connectivity index (χ0) is 14.4. The number of carboxylic acid groups (broad SMARTS) is 1. The topological polar surface area (TPSA) is 81.7 Å². The molecule has 2 aliphatic rings. The van der Waals surface area contributed by atoms with Crippen LogP contribution in [0.5, 0.6) is 0 Å². The van der Waals surface area contributed by atoms with Gasteiger partial charge in [0.1, 0.15) is 0 Å². The summed E-state index contributed by atoms with van der Waals surface area (Å²) in [5, 5.41) is 15.2. The van der Waals surface area contributed by atoms with Gasteiger partial charge in [-0.1, -0.05) is 0 Å². The molecule has 6 nitrogen and oxygen atoms in total. The number of nitrogens with one attached hydrogen (secondary N) is 2. The van der Waals surface area contributed by atoms with Gasteiger partial charge in [0.15, 0.2) is 0 Å². The molecule has 114 valence electrons. The first-order chi connectivity index (χ1) is 9.65. The van der Waals surface area contributed by atoms with Crippen molar-refractivity contribution < 1.29 is 14.7 Å². The fourth-order valence-electron chi connectivity index (χ4n) is 3.00. The van der Waals surface area contributed by atoms with Crippen LogP contribution in [0.3, 0.4) is 0 Å². The van der Waals surface area contributed by atoms with Crippen LogP contribution in [0, 0.1) is 11.8 Å². The summed E-state index contributed by atoms with van der Waals surface area (Å²) >= 11 is 0.